The largest absolute Gasteiger partial charge is 0.497 e. The summed E-state index contributed by atoms with van der Waals surface area (Å²) in [7, 11) is 3.20. The number of rotatable bonds is 12. The molecule has 0 heterocycles. The molecule has 2 aliphatic rings. The summed E-state index contributed by atoms with van der Waals surface area (Å²) >= 11 is 2.16. The third-order valence-electron chi connectivity index (χ3n) is 7.56. The Labute approximate surface area is 248 Å². The molecular weight excluding hydrogens is 627 g/mol. The van der Waals surface area contributed by atoms with Crippen LogP contribution in [0.4, 0.5) is 0 Å². The number of hydrogen-bond acceptors (Lipinski definition) is 7. The van der Waals surface area contributed by atoms with E-state index in [9.17, 15) is 19.8 Å². The second-order valence-electron chi connectivity index (χ2n) is 10.0. The Kier molecular flexibility index (Phi) is 10.7. The lowest BCUT2D eigenvalue weighted by atomic mass is 9.82. The van der Waals surface area contributed by atoms with Crippen LogP contribution < -0.4 is 19.5 Å². The molecule has 0 aliphatic heterocycles. The number of para-hydroxylation sites is 1. The molecule has 0 spiro atoms. The number of benzene rings is 2. The van der Waals surface area contributed by atoms with Gasteiger partial charge in [0.05, 0.1) is 30.4 Å². The topological polar surface area (TPSA) is 118 Å². The van der Waals surface area contributed by atoms with Gasteiger partial charge in [0.15, 0.2) is 0 Å². The van der Waals surface area contributed by atoms with Crippen LogP contribution in [0.5, 0.6) is 17.2 Å². The number of aliphatic hydroxyl groups excluding tert-OH is 2. The minimum Gasteiger partial charge on any atom is -0.497 e. The average molecular weight is 665 g/mol. The van der Waals surface area contributed by atoms with Crippen molar-refractivity contribution in [2.45, 2.75) is 50.4 Å². The zero-order chi connectivity index (χ0) is 28.6. The first kappa shape index (κ1) is 30.1. The predicted molar refractivity (Wildman–Crippen MR) is 158 cm³/mol. The molecule has 1 saturated carbocycles. The Morgan fingerprint density at radius 2 is 1.88 bits per heavy atom. The summed E-state index contributed by atoms with van der Waals surface area (Å²) < 4.78 is 18.0. The molecule has 3 atom stereocenters. The second kappa shape index (κ2) is 14.2. The summed E-state index contributed by atoms with van der Waals surface area (Å²) in [5.41, 5.74) is 1.28. The lowest BCUT2D eigenvalue weighted by Crippen LogP contribution is -2.57. The highest BCUT2D eigenvalue weighted by Crippen LogP contribution is 2.34. The van der Waals surface area contributed by atoms with Crippen LogP contribution in [0.25, 0.3) is 0 Å². The molecule has 2 aromatic carbocycles. The Hall–Kier alpha value is -2.83. The molecule has 4 rings (SSSR count). The van der Waals surface area contributed by atoms with Gasteiger partial charge in [0, 0.05) is 31.0 Å². The summed E-state index contributed by atoms with van der Waals surface area (Å²) in [6, 6.07) is 12.3. The second-order valence-corrected chi connectivity index (χ2v) is 11.2. The highest BCUT2D eigenvalue weighted by atomic mass is 127. The highest BCUT2D eigenvalue weighted by Gasteiger charge is 2.42. The Morgan fingerprint density at radius 3 is 2.52 bits per heavy atom. The van der Waals surface area contributed by atoms with E-state index in [2.05, 4.69) is 27.9 Å². The maximum absolute atomic E-state index is 13.8. The molecule has 0 aromatic heterocycles. The van der Waals surface area contributed by atoms with E-state index < -0.39 is 18.2 Å². The monoisotopic (exact) mass is 664 g/mol. The van der Waals surface area contributed by atoms with Crippen molar-refractivity contribution in [1.29, 1.82) is 0 Å². The zero-order valence-corrected chi connectivity index (χ0v) is 25.0. The van der Waals surface area contributed by atoms with E-state index in [0.29, 0.717) is 35.8 Å². The summed E-state index contributed by atoms with van der Waals surface area (Å²) in [4.78, 5) is 28.6. The van der Waals surface area contributed by atoms with Gasteiger partial charge in [0.2, 0.25) is 11.8 Å². The summed E-state index contributed by atoms with van der Waals surface area (Å²) in [6.45, 7) is 0.232. The maximum Gasteiger partial charge on any atom is 0.247 e. The van der Waals surface area contributed by atoms with E-state index in [0.717, 1.165) is 28.4 Å². The summed E-state index contributed by atoms with van der Waals surface area (Å²) in [5, 5.41) is 23.6. The van der Waals surface area contributed by atoms with Gasteiger partial charge in [-0.05, 0) is 83.8 Å². The Balaban J connectivity index is 1.65. The first-order valence-corrected chi connectivity index (χ1v) is 14.6. The normalized spacial score (nSPS) is 20.6. The standard InChI is InChI=1S/C30H37IN2O7/c1-38-22-10-11-25(39-2)20(16-22)12-14-33(30(37)19-6-5-7-19)24-17-21(29(36)32-13-15-34)18-27(28(24)35)40-26-9-4-3-8-23(26)31/h3-4,8-11,16,18-19,24,27-28,34-35H,5-7,12-15,17H2,1-2H3,(H,32,36)/t24-,27+,28+/m1/s1. The number of carbonyl (C=O) groups is 2. The van der Waals surface area contributed by atoms with Crippen molar-refractivity contribution in [3.63, 3.8) is 0 Å². The number of aliphatic hydroxyl groups is 2. The van der Waals surface area contributed by atoms with E-state index in [1.807, 2.05) is 42.5 Å². The summed E-state index contributed by atoms with van der Waals surface area (Å²) in [5.74, 6) is 1.46. The van der Waals surface area contributed by atoms with Crippen molar-refractivity contribution in [1.82, 2.24) is 10.2 Å². The number of methoxy groups -OCH3 is 2. The SMILES string of the molecule is COc1ccc(OC)c(CCN(C(=O)C2CCC2)[C@@H]2CC(C(=O)NCCO)=C[C@H](Oc3ccccc3I)[C@H]2O)c1. The molecule has 3 N–H and O–H groups in total. The first-order chi connectivity index (χ1) is 19.4. The van der Waals surface area contributed by atoms with E-state index in [1.165, 1.54) is 0 Å². The molecule has 2 aliphatic carbocycles. The van der Waals surface area contributed by atoms with Crippen LogP contribution in [0.1, 0.15) is 31.2 Å². The van der Waals surface area contributed by atoms with Gasteiger partial charge in [-0.15, -0.1) is 0 Å². The van der Waals surface area contributed by atoms with Crippen LogP contribution in [0, 0.1) is 9.49 Å². The minimum atomic E-state index is -1.07. The van der Waals surface area contributed by atoms with Crippen LogP contribution >= 0.6 is 22.6 Å². The Morgan fingerprint density at radius 1 is 1.10 bits per heavy atom. The average Bonchev–Trinajstić information content (AvgIpc) is 2.93. The van der Waals surface area contributed by atoms with Gasteiger partial charge in [0.1, 0.15) is 29.5 Å². The number of halogens is 1. The molecule has 2 amide bonds. The molecule has 1 fully saturated rings. The molecule has 0 saturated heterocycles. The van der Waals surface area contributed by atoms with Crippen molar-refractivity contribution in [2.24, 2.45) is 5.92 Å². The fourth-order valence-electron chi connectivity index (χ4n) is 5.11. The van der Waals surface area contributed by atoms with Gasteiger partial charge in [-0.1, -0.05) is 18.6 Å². The molecule has 216 valence electrons. The van der Waals surface area contributed by atoms with Crippen molar-refractivity contribution >= 4 is 34.4 Å². The van der Waals surface area contributed by atoms with Crippen molar-refractivity contribution in [2.75, 3.05) is 33.9 Å². The molecule has 2 aromatic rings. The predicted octanol–water partition coefficient (Wildman–Crippen LogP) is 3.10. The van der Waals surface area contributed by atoms with Gasteiger partial charge >= 0.3 is 0 Å². The maximum atomic E-state index is 13.8. The lowest BCUT2D eigenvalue weighted by Gasteiger charge is -2.43. The first-order valence-electron chi connectivity index (χ1n) is 13.6. The van der Waals surface area contributed by atoms with Crippen molar-refractivity contribution in [3.8, 4) is 17.2 Å². The molecule has 0 unspecified atom stereocenters. The molecule has 9 nitrogen and oxygen atoms in total. The van der Waals surface area contributed by atoms with Crippen molar-refractivity contribution < 1.29 is 34.0 Å². The van der Waals surface area contributed by atoms with Crippen molar-refractivity contribution in [3.05, 3.63) is 63.2 Å². The van der Waals surface area contributed by atoms with Crippen LogP contribution in [0.15, 0.2) is 54.1 Å². The molecule has 10 heteroatoms. The van der Waals surface area contributed by atoms with Gasteiger partial charge < -0.3 is 34.6 Å². The van der Waals surface area contributed by atoms with Gasteiger partial charge in [0.25, 0.3) is 0 Å². The van der Waals surface area contributed by atoms with Gasteiger partial charge in [-0.2, -0.15) is 0 Å². The fraction of sp³-hybridized carbons (Fsp3) is 0.467. The zero-order valence-electron chi connectivity index (χ0n) is 22.8. The summed E-state index contributed by atoms with van der Waals surface area (Å²) in [6.07, 6.45) is 2.96. The lowest BCUT2D eigenvalue weighted by molar-refractivity contribution is -0.145. The molecule has 0 radical (unpaired) electrons. The van der Waals surface area contributed by atoms with Gasteiger partial charge in [-0.25, -0.2) is 0 Å². The number of hydrogen-bond donors (Lipinski definition) is 3. The number of amides is 2. The number of nitrogens with one attached hydrogen (secondary N) is 1. The van der Waals surface area contributed by atoms with Crippen LogP contribution in [-0.4, -0.2) is 79.1 Å². The van der Waals surface area contributed by atoms with Crippen LogP contribution in [-0.2, 0) is 16.0 Å². The number of carbonyl (C=O) groups excluding carboxylic acids is 2. The minimum absolute atomic E-state index is 0.0257. The van der Waals surface area contributed by atoms with E-state index >= 15 is 0 Å². The van der Waals surface area contributed by atoms with Gasteiger partial charge in [-0.3, -0.25) is 9.59 Å². The molecular formula is C30H37IN2O7. The smallest absolute Gasteiger partial charge is 0.247 e. The van der Waals surface area contributed by atoms with Crippen LogP contribution in [0.2, 0.25) is 0 Å². The highest BCUT2D eigenvalue weighted by molar-refractivity contribution is 14.1. The van der Waals surface area contributed by atoms with Crippen LogP contribution in [0.3, 0.4) is 0 Å². The Bertz CT molecular complexity index is 1220. The number of nitrogens with zero attached hydrogens (tertiary/aromatic N) is 1. The van der Waals surface area contributed by atoms with E-state index in [-0.39, 0.29) is 37.3 Å². The molecule has 40 heavy (non-hydrogen) atoms. The quantitative estimate of drug-likeness (QED) is 0.299. The van der Waals surface area contributed by atoms with E-state index in [1.54, 1.807) is 25.2 Å². The fourth-order valence-corrected chi connectivity index (χ4v) is 5.63. The number of ether oxygens (including phenoxy) is 3. The van der Waals surface area contributed by atoms with E-state index in [4.69, 9.17) is 14.2 Å². The third kappa shape index (κ3) is 7.08. The third-order valence-corrected chi connectivity index (χ3v) is 8.45. The molecule has 0 bridgehead atoms.